The Kier molecular flexibility index (Phi) is 1.98. The van der Waals surface area contributed by atoms with Crippen molar-refractivity contribution in [1.82, 2.24) is 0 Å². The van der Waals surface area contributed by atoms with Crippen LogP contribution in [0.25, 0.3) is 0 Å². The second-order valence-corrected chi connectivity index (χ2v) is 2.98. The second-order valence-electron chi connectivity index (χ2n) is 2.98. The van der Waals surface area contributed by atoms with Crippen LogP contribution in [0.15, 0.2) is 0 Å². The quantitative estimate of drug-likeness (QED) is 0.441. The third-order valence-electron chi connectivity index (χ3n) is 2.19. The first-order valence-corrected chi connectivity index (χ1v) is 3.82. The SMILES string of the molecule is CCOC(=O)C1(C)CCC1=O. The average molecular weight is 156 g/mol. The summed E-state index contributed by atoms with van der Waals surface area (Å²) in [5.74, 6) is -0.354. The van der Waals surface area contributed by atoms with Gasteiger partial charge in [0, 0.05) is 6.42 Å². The zero-order valence-corrected chi connectivity index (χ0v) is 6.85. The monoisotopic (exact) mass is 156 g/mol. The molecule has 0 N–H and O–H groups in total. The van der Waals surface area contributed by atoms with E-state index in [2.05, 4.69) is 0 Å². The van der Waals surface area contributed by atoms with Crippen LogP contribution >= 0.6 is 0 Å². The lowest BCUT2D eigenvalue weighted by atomic mass is 9.69. The maximum atomic E-state index is 11.1. The van der Waals surface area contributed by atoms with Crippen LogP contribution in [0.2, 0.25) is 0 Å². The zero-order valence-electron chi connectivity index (χ0n) is 6.85. The van der Waals surface area contributed by atoms with Crippen LogP contribution in [0.4, 0.5) is 0 Å². The Morgan fingerprint density at radius 1 is 1.73 bits per heavy atom. The van der Waals surface area contributed by atoms with Crippen molar-refractivity contribution in [2.24, 2.45) is 5.41 Å². The number of hydrogen-bond donors (Lipinski definition) is 0. The highest BCUT2D eigenvalue weighted by Gasteiger charge is 2.49. The summed E-state index contributed by atoms with van der Waals surface area (Å²) in [6.07, 6.45) is 1.17. The number of ether oxygens (including phenoxy) is 1. The van der Waals surface area contributed by atoms with Crippen molar-refractivity contribution in [3.63, 3.8) is 0 Å². The Morgan fingerprint density at radius 2 is 2.36 bits per heavy atom. The molecule has 1 aliphatic rings. The van der Waals surface area contributed by atoms with Gasteiger partial charge in [-0.3, -0.25) is 9.59 Å². The number of carbonyl (C=O) groups excluding carboxylic acids is 2. The lowest BCUT2D eigenvalue weighted by Gasteiger charge is -2.33. The molecular weight excluding hydrogens is 144 g/mol. The molecule has 0 bridgehead atoms. The largest absolute Gasteiger partial charge is 0.465 e. The van der Waals surface area contributed by atoms with E-state index in [4.69, 9.17) is 4.74 Å². The molecule has 0 aliphatic heterocycles. The highest BCUT2D eigenvalue weighted by molar-refractivity contribution is 6.07. The fourth-order valence-corrected chi connectivity index (χ4v) is 1.11. The number of Topliss-reactive ketones (excluding diaryl/α,β-unsaturated/α-hetero) is 1. The first-order chi connectivity index (χ1) is 5.11. The van der Waals surface area contributed by atoms with Gasteiger partial charge in [0.1, 0.15) is 11.2 Å². The van der Waals surface area contributed by atoms with E-state index in [1.165, 1.54) is 0 Å². The van der Waals surface area contributed by atoms with Crippen LogP contribution in [-0.2, 0) is 14.3 Å². The minimum atomic E-state index is -0.810. The van der Waals surface area contributed by atoms with Gasteiger partial charge < -0.3 is 4.74 Å². The molecule has 0 spiro atoms. The minimum absolute atomic E-state index is 0.0101. The number of esters is 1. The molecule has 0 amide bonds. The lowest BCUT2D eigenvalue weighted by molar-refractivity contribution is -0.165. The third-order valence-corrected chi connectivity index (χ3v) is 2.19. The number of rotatable bonds is 2. The highest BCUT2D eigenvalue weighted by atomic mass is 16.5. The summed E-state index contributed by atoms with van der Waals surface area (Å²) >= 11 is 0. The summed E-state index contributed by atoms with van der Waals surface area (Å²) in [7, 11) is 0. The van der Waals surface area contributed by atoms with Gasteiger partial charge in [-0.15, -0.1) is 0 Å². The summed E-state index contributed by atoms with van der Waals surface area (Å²) in [5.41, 5.74) is -0.810. The molecule has 62 valence electrons. The van der Waals surface area contributed by atoms with Crippen LogP contribution in [0.5, 0.6) is 0 Å². The molecule has 3 heteroatoms. The van der Waals surface area contributed by atoms with Crippen LogP contribution in [0, 0.1) is 5.41 Å². The topological polar surface area (TPSA) is 43.4 Å². The van der Waals surface area contributed by atoms with Crippen molar-refractivity contribution in [2.75, 3.05) is 6.61 Å². The fraction of sp³-hybridized carbons (Fsp3) is 0.750. The van der Waals surface area contributed by atoms with Crippen molar-refractivity contribution in [2.45, 2.75) is 26.7 Å². The Labute approximate surface area is 65.7 Å². The molecular formula is C8H12O3. The maximum absolute atomic E-state index is 11.1. The highest BCUT2D eigenvalue weighted by Crippen LogP contribution is 2.37. The molecule has 1 aliphatic carbocycles. The predicted molar refractivity (Wildman–Crippen MR) is 39.0 cm³/mol. The summed E-state index contributed by atoms with van der Waals surface area (Å²) in [4.78, 5) is 22.1. The summed E-state index contributed by atoms with van der Waals surface area (Å²) in [6.45, 7) is 3.74. The normalized spacial score (nSPS) is 29.5. The third kappa shape index (κ3) is 1.15. The molecule has 1 saturated carbocycles. The molecule has 0 aromatic carbocycles. The first kappa shape index (κ1) is 8.24. The van der Waals surface area contributed by atoms with E-state index in [9.17, 15) is 9.59 Å². The Balaban J connectivity index is 2.58. The van der Waals surface area contributed by atoms with Gasteiger partial charge in [-0.1, -0.05) is 0 Å². The molecule has 1 fully saturated rings. The minimum Gasteiger partial charge on any atom is -0.465 e. The second kappa shape index (κ2) is 2.64. The molecule has 0 aromatic rings. The molecule has 0 heterocycles. The molecule has 0 aromatic heterocycles. The van der Waals surface area contributed by atoms with E-state index in [0.29, 0.717) is 19.4 Å². The van der Waals surface area contributed by atoms with E-state index < -0.39 is 5.41 Å². The number of carbonyl (C=O) groups is 2. The van der Waals surface area contributed by atoms with Crippen molar-refractivity contribution in [3.8, 4) is 0 Å². The Bertz CT molecular complexity index is 198. The lowest BCUT2D eigenvalue weighted by Crippen LogP contribution is -2.45. The van der Waals surface area contributed by atoms with Crippen molar-refractivity contribution >= 4 is 11.8 Å². The first-order valence-electron chi connectivity index (χ1n) is 3.82. The van der Waals surface area contributed by atoms with Crippen LogP contribution < -0.4 is 0 Å². The molecule has 3 nitrogen and oxygen atoms in total. The van der Waals surface area contributed by atoms with Crippen molar-refractivity contribution in [1.29, 1.82) is 0 Å². The molecule has 1 atom stereocenters. The molecule has 11 heavy (non-hydrogen) atoms. The van der Waals surface area contributed by atoms with Crippen molar-refractivity contribution < 1.29 is 14.3 Å². The van der Waals surface area contributed by atoms with E-state index >= 15 is 0 Å². The molecule has 1 rings (SSSR count). The van der Waals surface area contributed by atoms with Crippen molar-refractivity contribution in [3.05, 3.63) is 0 Å². The summed E-state index contributed by atoms with van der Waals surface area (Å²) in [5, 5.41) is 0. The number of hydrogen-bond acceptors (Lipinski definition) is 3. The predicted octanol–water partition coefficient (Wildman–Crippen LogP) is 0.919. The zero-order chi connectivity index (χ0) is 8.48. The van der Waals surface area contributed by atoms with Gasteiger partial charge in [0.05, 0.1) is 6.61 Å². The fourth-order valence-electron chi connectivity index (χ4n) is 1.11. The van der Waals surface area contributed by atoms with Crippen LogP contribution in [0.1, 0.15) is 26.7 Å². The van der Waals surface area contributed by atoms with Crippen LogP contribution in [0.3, 0.4) is 0 Å². The van der Waals surface area contributed by atoms with Gasteiger partial charge >= 0.3 is 5.97 Å². The molecule has 0 saturated heterocycles. The Morgan fingerprint density at radius 3 is 2.64 bits per heavy atom. The van der Waals surface area contributed by atoms with Gasteiger partial charge in [0.15, 0.2) is 0 Å². The van der Waals surface area contributed by atoms with E-state index in [1.807, 2.05) is 0 Å². The Hall–Kier alpha value is -0.860. The standard InChI is InChI=1S/C8H12O3/c1-3-11-7(10)8(2)5-4-6(8)9/h3-5H2,1-2H3. The van der Waals surface area contributed by atoms with Gasteiger partial charge in [0.25, 0.3) is 0 Å². The van der Waals surface area contributed by atoms with Crippen LogP contribution in [-0.4, -0.2) is 18.4 Å². The molecule has 1 unspecified atom stereocenters. The summed E-state index contributed by atoms with van der Waals surface area (Å²) in [6, 6.07) is 0. The van der Waals surface area contributed by atoms with Gasteiger partial charge in [-0.2, -0.15) is 0 Å². The van der Waals surface area contributed by atoms with E-state index in [0.717, 1.165) is 0 Å². The van der Waals surface area contributed by atoms with Gasteiger partial charge in [-0.05, 0) is 20.3 Å². The maximum Gasteiger partial charge on any atom is 0.319 e. The van der Waals surface area contributed by atoms with Gasteiger partial charge in [0.2, 0.25) is 0 Å². The van der Waals surface area contributed by atoms with E-state index in [1.54, 1.807) is 13.8 Å². The summed E-state index contributed by atoms with van der Waals surface area (Å²) < 4.78 is 4.76. The van der Waals surface area contributed by atoms with E-state index in [-0.39, 0.29) is 11.8 Å². The number of ketones is 1. The molecule has 0 radical (unpaired) electrons. The average Bonchev–Trinajstić information content (AvgIpc) is 2.01. The van der Waals surface area contributed by atoms with Gasteiger partial charge in [-0.25, -0.2) is 0 Å². The smallest absolute Gasteiger partial charge is 0.319 e.